The van der Waals surface area contributed by atoms with Gasteiger partial charge >= 0.3 is 108 Å². The molecule has 0 spiro atoms. The molecule has 0 bridgehead atoms. The molecule has 5 aromatic rings. The van der Waals surface area contributed by atoms with Crippen molar-refractivity contribution in [1.29, 1.82) is 0 Å². The second-order valence-electron chi connectivity index (χ2n) is 15.7. The molecule has 1 atom stereocenters. The predicted molar refractivity (Wildman–Crippen MR) is 202 cm³/mol. The van der Waals surface area contributed by atoms with E-state index in [4.69, 9.17) is 0 Å². The van der Waals surface area contributed by atoms with E-state index in [2.05, 4.69) is 128 Å². The summed E-state index contributed by atoms with van der Waals surface area (Å²) >= 11 is 1.22. The van der Waals surface area contributed by atoms with Crippen LogP contribution in [-0.4, -0.2) is 3.21 Å². The van der Waals surface area contributed by atoms with Crippen molar-refractivity contribution in [3.05, 3.63) is 160 Å². The Morgan fingerprint density at radius 3 is 1.45 bits per heavy atom. The quantitative estimate of drug-likeness (QED) is 0.182. The Kier molecular flexibility index (Phi) is 12.3. The van der Waals surface area contributed by atoms with Crippen molar-refractivity contribution in [1.82, 2.24) is 0 Å². The number of benzene rings is 4. The van der Waals surface area contributed by atoms with E-state index in [0.29, 0.717) is 11.3 Å². The molecule has 5 aromatic carbocycles. The van der Waals surface area contributed by atoms with Crippen molar-refractivity contribution in [3.63, 3.8) is 0 Å². The molecule has 0 aromatic heterocycles. The van der Waals surface area contributed by atoms with Gasteiger partial charge in [-0.25, -0.2) is 6.08 Å². The molecule has 3 aliphatic rings. The number of fused-ring (bicyclic) bond motifs is 5. The summed E-state index contributed by atoms with van der Waals surface area (Å²) < 4.78 is 26.6. The van der Waals surface area contributed by atoms with Gasteiger partial charge in [0.1, 0.15) is 0 Å². The van der Waals surface area contributed by atoms with Crippen LogP contribution in [0, 0.1) is 29.0 Å². The molecule has 5 heteroatoms. The van der Waals surface area contributed by atoms with E-state index < -0.39 is 0 Å². The summed E-state index contributed by atoms with van der Waals surface area (Å²) in [6, 6.07) is 24.6. The van der Waals surface area contributed by atoms with Crippen molar-refractivity contribution >= 4 is 36.9 Å². The van der Waals surface area contributed by atoms with Crippen LogP contribution < -0.4 is 24.8 Å². The fourth-order valence-corrected chi connectivity index (χ4v) is 7.58. The molecule has 3 aliphatic carbocycles. The Labute approximate surface area is 330 Å². The van der Waals surface area contributed by atoms with Crippen LogP contribution in [0.4, 0.5) is 8.78 Å². The minimum atomic E-state index is -0.244. The summed E-state index contributed by atoms with van der Waals surface area (Å²) in [5.74, 6) is 0.0344. The van der Waals surface area contributed by atoms with Crippen molar-refractivity contribution in [3.8, 4) is 0 Å². The van der Waals surface area contributed by atoms with Gasteiger partial charge in [0.25, 0.3) is 0 Å². The van der Waals surface area contributed by atoms with Crippen molar-refractivity contribution in [2.45, 2.75) is 66.2 Å². The molecular weight excluding hydrogens is 753 g/mol. The first-order valence-electron chi connectivity index (χ1n) is 17.0. The number of hydrogen-bond acceptors (Lipinski definition) is 0. The van der Waals surface area contributed by atoms with Gasteiger partial charge in [0, 0.05) is 10.8 Å². The zero-order valence-electron chi connectivity index (χ0n) is 30.6. The molecule has 0 nitrogen and oxygen atoms in total. The summed E-state index contributed by atoms with van der Waals surface area (Å²) in [4.78, 5) is 0. The van der Waals surface area contributed by atoms with Gasteiger partial charge in [0.15, 0.2) is 0 Å². The van der Waals surface area contributed by atoms with E-state index in [1.54, 1.807) is 24.3 Å². The molecule has 0 aliphatic heterocycles. The average molecular weight is 797 g/mol. The van der Waals surface area contributed by atoms with Crippen LogP contribution >= 0.6 is 0 Å². The maximum Gasteiger partial charge on any atom is -1.00 e. The van der Waals surface area contributed by atoms with E-state index in [1.165, 1.54) is 97.9 Å². The minimum absolute atomic E-state index is 0. The topological polar surface area (TPSA) is 0 Å². The first kappa shape index (κ1) is 40.7. The third kappa shape index (κ3) is 8.76. The number of hydrogen-bond donors (Lipinski definition) is 0. The van der Waals surface area contributed by atoms with Crippen molar-refractivity contribution < 1.29 is 57.8 Å². The van der Waals surface area contributed by atoms with E-state index in [9.17, 15) is 8.78 Å². The van der Waals surface area contributed by atoms with Gasteiger partial charge in [-0.15, -0.1) is 39.7 Å². The Balaban J connectivity index is 0.000000183. The van der Waals surface area contributed by atoms with Gasteiger partial charge in [-0.05, 0) is 11.1 Å². The Morgan fingerprint density at radius 1 is 0.706 bits per heavy atom. The molecule has 262 valence electrons. The van der Waals surface area contributed by atoms with Crippen LogP contribution in [0.2, 0.25) is 0 Å². The van der Waals surface area contributed by atoms with Gasteiger partial charge in [0.2, 0.25) is 0 Å². The molecule has 0 heterocycles. The molecule has 0 amide bonds. The molecule has 51 heavy (non-hydrogen) atoms. The average Bonchev–Trinajstić information content (AvgIpc) is 3.80. The van der Waals surface area contributed by atoms with Gasteiger partial charge in [-0.2, -0.15) is 11.6 Å². The number of halogens is 4. The van der Waals surface area contributed by atoms with Crippen LogP contribution in [0.1, 0.15) is 88.8 Å². The molecule has 0 fully saturated rings. The summed E-state index contributed by atoms with van der Waals surface area (Å²) in [5, 5.41) is 5.53. The molecular formula is C46H44Cl2F2Zr-2. The van der Waals surface area contributed by atoms with E-state index >= 15 is 0 Å². The third-order valence-corrected chi connectivity index (χ3v) is 11.3. The molecule has 1 unspecified atom stereocenters. The van der Waals surface area contributed by atoms with Gasteiger partial charge in [-0.1, -0.05) is 114 Å². The van der Waals surface area contributed by atoms with Crippen molar-refractivity contribution in [2.24, 2.45) is 11.3 Å². The summed E-state index contributed by atoms with van der Waals surface area (Å²) in [6.45, 7) is 18.0. The number of allylic oxidation sites excluding steroid dienone is 6. The zero-order chi connectivity index (χ0) is 35.3. The normalized spacial score (nSPS) is 17.0. The second kappa shape index (κ2) is 15.5. The summed E-state index contributed by atoms with van der Waals surface area (Å²) in [5.41, 5.74) is 9.65. The molecule has 0 saturated carbocycles. The smallest absolute Gasteiger partial charge is 1.00 e. The van der Waals surface area contributed by atoms with E-state index in [-0.39, 0.29) is 47.3 Å². The largest absolute Gasteiger partial charge is 1.00 e. The fourth-order valence-electron chi connectivity index (χ4n) is 6.76. The molecule has 0 N–H and O–H groups in total. The summed E-state index contributed by atoms with van der Waals surface area (Å²) in [7, 11) is 0. The van der Waals surface area contributed by atoms with Gasteiger partial charge in [-0.3, -0.25) is 6.08 Å². The van der Waals surface area contributed by atoms with Gasteiger partial charge < -0.3 is 24.8 Å². The predicted octanol–water partition coefficient (Wildman–Crippen LogP) is 6.38. The molecule has 8 rings (SSSR count). The van der Waals surface area contributed by atoms with Crippen LogP contribution in [-0.2, 0) is 35.1 Å². The maximum atomic E-state index is 12.8. The monoisotopic (exact) mass is 794 g/mol. The Morgan fingerprint density at radius 2 is 1.12 bits per heavy atom. The molecule has 0 radical (unpaired) electrons. The Hall–Kier alpha value is -3.10. The van der Waals surface area contributed by atoms with E-state index in [0.717, 1.165) is 14.3 Å². The van der Waals surface area contributed by atoms with Crippen LogP contribution in [0.5, 0.6) is 0 Å². The fraction of sp³-hybridized carbons (Fsp3) is 0.261. The first-order valence-corrected chi connectivity index (χ1v) is 18.3. The number of rotatable bonds is 2. The van der Waals surface area contributed by atoms with Crippen molar-refractivity contribution in [2.75, 3.05) is 0 Å². The van der Waals surface area contributed by atoms with Crippen LogP contribution in [0.15, 0.2) is 109 Å². The maximum absolute atomic E-state index is 12.8. The van der Waals surface area contributed by atoms with Gasteiger partial charge in [0.05, 0.1) is 0 Å². The van der Waals surface area contributed by atoms with Crippen LogP contribution in [0.3, 0.4) is 0 Å². The summed E-state index contributed by atoms with van der Waals surface area (Å²) in [6.07, 6.45) is 16.9. The first-order chi connectivity index (χ1) is 23.0. The molecule has 0 saturated heterocycles. The third-order valence-electron chi connectivity index (χ3n) is 9.86. The zero-order valence-corrected chi connectivity index (χ0v) is 34.5. The standard InChI is InChI=1S/C23H21.C13H8F2.C10H15.2ClH.Zr/c1-22(2)7-5-14-10-18-16(12-20(14)22)9-17-13-21-15(11-19(17)18)6-8-23(21,3)4;14-12-5-1-10(2-6-12)9-11-3-7-13(15)8-4-11;1-8-5-6-9(7-8)10(2,3)4;;;/h5-13H,1-4H3;1-8H;6-8H,1-4H3;2*1H;/q-1;;-1;;;+2/p-2. The SMILES string of the molecule is CC1(C)C=Cc2cc3c(cc21)[cH-]c1cc2c(cc13)C=CC2(C)C.CC1[C-]=CC(C(C)(C)C)=C1.Fc1ccc([C](=[Zr+2])c2ccc(F)cc2)cc1.[Cl-].[Cl-]. The Bertz CT molecular complexity index is 2050. The minimum Gasteiger partial charge on any atom is -1.00 e. The van der Waals surface area contributed by atoms with Crippen LogP contribution in [0.25, 0.3) is 33.7 Å². The second-order valence-corrected chi connectivity index (χ2v) is 16.9. The van der Waals surface area contributed by atoms with E-state index in [1.807, 2.05) is 0 Å².